The van der Waals surface area contributed by atoms with Gasteiger partial charge in [0.25, 0.3) is 0 Å². The summed E-state index contributed by atoms with van der Waals surface area (Å²) in [6.07, 6.45) is -0.642. The van der Waals surface area contributed by atoms with Gasteiger partial charge in [-0.2, -0.15) is 0 Å². The van der Waals surface area contributed by atoms with E-state index in [1.54, 1.807) is 31.2 Å². The molecular formula is C11H13NO3. The van der Waals surface area contributed by atoms with Crippen LogP contribution in [0.4, 0.5) is 10.5 Å². The number of hydrogen-bond acceptors (Lipinski definition) is 3. The summed E-state index contributed by atoms with van der Waals surface area (Å²) in [4.78, 5) is 23.8. The van der Waals surface area contributed by atoms with E-state index in [2.05, 4.69) is 0 Å². The molecule has 0 N–H and O–H groups in total. The van der Waals surface area contributed by atoms with Crippen LogP contribution in [0.15, 0.2) is 30.3 Å². The zero-order valence-electron chi connectivity index (χ0n) is 8.77. The summed E-state index contributed by atoms with van der Waals surface area (Å²) in [5.41, 5.74) is 0.517. The molecule has 0 aliphatic heterocycles. The topological polar surface area (TPSA) is 46.6 Å². The number of carbonyl (C=O) groups is 2. The van der Waals surface area contributed by atoms with Gasteiger partial charge in [0.2, 0.25) is 5.91 Å². The Bertz CT molecular complexity index is 348. The maximum absolute atomic E-state index is 11.5. The lowest BCUT2D eigenvalue weighted by Gasteiger charge is -2.17. The minimum atomic E-state index is -0.642. The Hall–Kier alpha value is -1.84. The van der Waals surface area contributed by atoms with Crippen molar-refractivity contribution in [3.05, 3.63) is 30.3 Å². The SMILES string of the molecule is CCOC(=O)N(C(C)=O)c1ccccc1. The van der Waals surface area contributed by atoms with Gasteiger partial charge in [0.05, 0.1) is 12.3 Å². The molecule has 0 radical (unpaired) electrons. The Morgan fingerprint density at radius 1 is 1.27 bits per heavy atom. The summed E-state index contributed by atoms with van der Waals surface area (Å²) in [5, 5.41) is 0. The summed E-state index contributed by atoms with van der Waals surface area (Å²) < 4.78 is 4.79. The third kappa shape index (κ3) is 2.80. The molecule has 0 bridgehead atoms. The molecule has 0 saturated heterocycles. The number of carbonyl (C=O) groups excluding carboxylic acids is 2. The number of amides is 2. The van der Waals surface area contributed by atoms with Crippen molar-refractivity contribution in [2.24, 2.45) is 0 Å². The molecule has 0 unspecified atom stereocenters. The van der Waals surface area contributed by atoms with Gasteiger partial charge in [-0.05, 0) is 19.1 Å². The Labute approximate surface area is 88.5 Å². The first-order valence-corrected chi connectivity index (χ1v) is 4.69. The first kappa shape index (κ1) is 11.2. The van der Waals surface area contributed by atoms with Gasteiger partial charge in [0.1, 0.15) is 0 Å². The lowest BCUT2D eigenvalue weighted by molar-refractivity contribution is -0.116. The first-order chi connectivity index (χ1) is 7.16. The number of hydrogen-bond donors (Lipinski definition) is 0. The minimum absolute atomic E-state index is 0.245. The van der Waals surface area contributed by atoms with Crippen molar-refractivity contribution in [3.63, 3.8) is 0 Å². The predicted molar refractivity (Wildman–Crippen MR) is 56.6 cm³/mol. The maximum Gasteiger partial charge on any atom is 0.421 e. The van der Waals surface area contributed by atoms with Crippen LogP contribution in [0, 0.1) is 0 Å². The molecule has 1 aromatic carbocycles. The van der Waals surface area contributed by atoms with Crippen molar-refractivity contribution in [3.8, 4) is 0 Å². The lowest BCUT2D eigenvalue weighted by atomic mass is 10.3. The van der Waals surface area contributed by atoms with Crippen LogP contribution in [-0.4, -0.2) is 18.6 Å². The number of anilines is 1. The highest BCUT2D eigenvalue weighted by Crippen LogP contribution is 2.14. The Kier molecular flexibility index (Phi) is 3.85. The second-order valence-electron chi connectivity index (χ2n) is 2.89. The molecular weight excluding hydrogens is 194 g/mol. The third-order valence-corrected chi connectivity index (χ3v) is 1.78. The molecule has 0 aliphatic rings. The molecule has 4 heteroatoms. The van der Waals surface area contributed by atoms with E-state index in [0.29, 0.717) is 5.69 Å². The van der Waals surface area contributed by atoms with Crippen molar-refractivity contribution in [1.82, 2.24) is 0 Å². The summed E-state index contributed by atoms with van der Waals surface area (Å²) in [6.45, 7) is 3.26. The molecule has 4 nitrogen and oxygen atoms in total. The van der Waals surface area contributed by atoms with E-state index < -0.39 is 6.09 Å². The minimum Gasteiger partial charge on any atom is -0.449 e. The molecule has 0 atom stereocenters. The van der Waals surface area contributed by atoms with Gasteiger partial charge in [-0.3, -0.25) is 4.79 Å². The fourth-order valence-electron chi connectivity index (χ4n) is 1.18. The number of para-hydroxylation sites is 1. The highest BCUT2D eigenvalue weighted by atomic mass is 16.6. The molecule has 1 aromatic rings. The van der Waals surface area contributed by atoms with E-state index >= 15 is 0 Å². The Balaban J connectivity index is 2.94. The Morgan fingerprint density at radius 2 is 1.87 bits per heavy atom. The fraction of sp³-hybridized carbons (Fsp3) is 0.273. The number of ether oxygens (including phenoxy) is 1. The summed E-state index contributed by atoms with van der Waals surface area (Å²) in [6, 6.07) is 8.68. The molecule has 0 aliphatic carbocycles. The van der Waals surface area contributed by atoms with Crippen LogP contribution in [0.25, 0.3) is 0 Å². The first-order valence-electron chi connectivity index (χ1n) is 4.69. The van der Waals surface area contributed by atoms with Gasteiger partial charge in [0.15, 0.2) is 0 Å². The average Bonchev–Trinajstić information content (AvgIpc) is 2.19. The van der Waals surface area contributed by atoms with Crippen LogP contribution in [0.5, 0.6) is 0 Å². The molecule has 0 aromatic heterocycles. The van der Waals surface area contributed by atoms with E-state index in [1.165, 1.54) is 6.92 Å². The molecule has 0 fully saturated rings. The van der Waals surface area contributed by atoms with E-state index in [0.717, 1.165) is 4.90 Å². The van der Waals surface area contributed by atoms with Crippen LogP contribution in [0.3, 0.4) is 0 Å². The molecule has 0 heterocycles. The van der Waals surface area contributed by atoms with Gasteiger partial charge in [0, 0.05) is 6.92 Å². The second kappa shape index (κ2) is 5.14. The van der Waals surface area contributed by atoms with Gasteiger partial charge in [-0.15, -0.1) is 0 Å². The van der Waals surface area contributed by atoms with Crippen molar-refractivity contribution in [2.75, 3.05) is 11.5 Å². The van der Waals surface area contributed by atoms with Crippen LogP contribution in [0.1, 0.15) is 13.8 Å². The Morgan fingerprint density at radius 3 is 2.33 bits per heavy atom. The predicted octanol–water partition coefficient (Wildman–Crippen LogP) is 2.20. The second-order valence-corrected chi connectivity index (χ2v) is 2.89. The largest absolute Gasteiger partial charge is 0.449 e. The van der Waals surface area contributed by atoms with Gasteiger partial charge < -0.3 is 4.74 Å². The monoisotopic (exact) mass is 207 g/mol. The quantitative estimate of drug-likeness (QED) is 0.746. The normalized spacial score (nSPS) is 9.47. The zero-order chi connectivity index (χ0) is 11.3. The summed E-state index contributed by atoms with van der Waals surface area (Å²) >= 11 is 0. The number of benzene rings is 1. The molecule has 1 rings (SSSR count). The average molecular weight is 207 g/mol. The number of rotatable bonds is 2. The van der Waals surface area contributed by atoms with Gasteiger partial charge in [-0.25, -0.2) is 9.69 Å². The van der Waals surface area contributed by atoms with Crippen molar-refractivity contribution in [2.45, 2.75) is 13.8 Å². The van der Waals surface area contributed by atoms with Crippen molar-refractivity contribution < 1.29 is 14.3 Å². The summed E-state index contributed by atoms with van der Waals surface area (Å²) in [7, 11) is 0. The molecule has 2 amide bonds. The van der Waals surface area contributed by atoms with E-state index in [-0.39, 0.29) is 12.5 Å². The maximum atomic E-state index is 11.5. The smallest absolute Gasteiger partial charge is 0.421 e. The van der Waals surface area contributed by atoms with Crippen molar-refractivity contribution in [1.29, 1.82) is 0 Å². The third-order valence-electron chi connectivity index (χ3n) is 1.78. The fourth-order valence-corrected chi connectivity index (χ4v) is 1.18. The molecule has 80 valence electrons. The molecule has 15 heavy (non-hydrogen) atoms. The summed E-state index contributed by atoms with van der Waals surface area (Å²) in [5.74, 6) is -0.361. The van der Waals surface area contributed by atoms with Gasteiger partial charge >= 0.3 is 6.09 Å². The molecule has 0 saturated carbocycles. The van der Waals surface area contributed by atoms with E-state index in [9.17, 15) is 9.59 Å². The van der Waals surface area contributed by atoms with Crippen LogP contribution >= 0.6 is 0 Å². The van der Waals surface area contributed by atoms with Crippen molar-refractivity contribution >= 4 is 17.7 Å². The molecule has 0 spiro atoms. The zero-order valence-corrected chi connectivity index (χ0v) is 8.77. The highest BCUT2D eigenvalue weighted by molar-refractivity contribution is 6.11. The van der Waals surface area contributed by atoms with E-state index in [1.807, 2.05) is 6.07 Å². The van der Waals surface area contributed by atoms with Crippen LogP contribution < -0.4 is 4.90 Å². The van der Waals surface area contributed by atoms with E-state index in [4.69, 9.17) is 4.74 Å². The number of nitrogens with zero attached hydrogens (tertiary/aromatic N) is 1. The van der Waals surface area contributed by atoms with Crippen LogP contribution in [-0.2, 0) is 9.53 Å². The number of imide groups is 1. The van der Waals surface area contributed by atoms with Gasteiger partial charge in [-0.1, -0.05) is 18.2 Å². The standard InChI is InChI=1S/C11H13NO3/c1-3-15-11(14)12(9(2)13)10-7-5-4-6-8-10/h4-8H,3H2,1-2H3. The lowest BCUT2D eigenvalue weighted by Crippen LogP contribution is -2.35. The van der Waals surface area contributed by atoms with Crippen LogP contribution in [0.2, 0.25) is 0 Å². The highest BCUT2D eigenvalue weighted by Gasteiger charge is 2.20.